The predicted molar refractivity (Wildman–Crippen MR) is 119 cm³/mol. The van der Waals surface area contributed by atoms with Crippen molar-refractivity contribution in [3.05, 3.63) is 108 Å². The van der Waals surface area contributed by atoms with Crippen molar-refractivity contribution < 1.29 is 9.53 Å². The number of carbonyl (C=O) groups excluding carboxylic acids is 1. The lowest BCUT2D eigenvalue weighted by atomic mass is 9.82. The molecule has 0 spiro atoms. The molecule has 1 heterocycles. The largest absolute Gasteiger partial charge is 0.466 e. The number of benzene rings is 3. The van der Waals surface area contributed by atoms with E-state index in [9.17, 15) is 4.79 Å². The Morgan fingerprint density at radius 2 is 1.53 bits per heavy atom. The zero-order valence-corrected chi connectivity index (χ0v) is 17.1. The van der Waals surface area contributed by atoms with Crippen LogP contribution in [0, 0.1) is 0 Å². The highest BCUT2D eigenvalue weighted by Crippen LogP contribution is 2.42. The standard InChI is InChI=1S/C26H26N2O2/c1-2-18-27-25(29)26(19-20-12-6-3-7-13-20)23(21-14-8-4-9-15-21)30-24(28-26)22-16-10-5-11-17-22/h3-17,23H,2,18-19H2,1H3,(H,27,29)/t23-,26-/m0/s1. The molecule has 3 aromatic carbocycles. The second-order valence-corrected chi connectivity index (χ2v) is 7.53. The topological polar surface area (TPSA) is 50.7 Å². The Morgan fingerprint density at radius 1 is 0.933 bits per heavy atom. The van der Waals surface area contributed by atoms with Crippen molar-refractivity contribution in [2.75, 3.05) is 6.54 Å². The molecule has 1 N–H and O–H groups in total. The molecule has 0 aliphatic carbocycles. The maximum Gasteiger partial charge on any atom is 0.252 e. The molecule has 0 fully saturated rings. The van der Waals surface area contributed by atoms with Crippen LogP contribution in [0.5, 0.6) is 0 Å². The second-order valence-electron chi connectivity index (χ2n) is 7.53. The highest BCUT2D eigenvalue weighted by molar-refractivity contribution is 6.01. The third-order valence-electron chi connectivity index (χ3n) is 5.33. The molecule has 0 aromatic heterocycles. The van der Waals surface area contributed by atoms with Gasteiger partial charge in [-0.05, 0) is 29.7 Å². The summed E-state index contributed by atoms with van der Waals surface area (Å²) in [4.78, 5) is 18.6. The van der Waals surface area contributed by atoms with E-state index < -0.39 is 11.6 Å². The molecule has 0 saturated carbocycles. The van der Waals surface area contributed by atoms with Gasteiger partial charge >= 0.3 is 0 Å². The Labute approximate surface area is 177 Å². The number of nitrogens with zero attached hydrogens (tertiary/aromatic N) is 1. The van der Waals surface area contributed by atoms with Crippen LogP contribution >= 0.6 is 0 Å². The lowest BCUT2D eigenvalue weighted by molar-refractivity contribution is -0.128. The number of ether oxygens (including phenoxy) is 1. The Morgan fingerprint density at radius 3 is 2.17 bits per heavy atom. The summed E-state index contributed by atoms with van der Waals surface area (Å²) in [6.07, 6.45) is 0.810. The summed E-state index contributed by atoms with van der Waals surface area (Å²) in [6.45, 7) is 2.65. The second kappa shape index (κ2) is 8.95. The number of hydrogen-bond acceptors (Lipinski definition) is 3. The van der Waals surface area contributed by atoms with Gasteiger partial charge in [0, 0.05) is 18.5 Å². The molecule has 30 heavy (non-hydrogen) atoms. The number of aliphatic imine (C=N–C) groups is 1. The monoisotopic (exact) mass is 398 g/mol. The first-order valence-corrected chi connectivity index (χ1v) is 10.4. The molecular formula is C26H26N2O2. The molecule has 0 unspecified atom stereocenters. The van der Waals surface area contributed by atoms with Crippen molar-refractivity contribution in [2.24, 2.45) is 4.99 Å². The smallest absolute Gasteiger partial charge is 0.252 e. The minimum Gasteiger partial charge on any atom is -0.466 e. The average Bonchev–Trinajstić information content (AvgIpc) is 3.20. The molecule has 4 rings (SSSR count). The van der Waals surface area contributed by atoms with Gasteiger partial charge in [0.2, 0.25) is 5.90 Å². The lowest BCUT2D eigenvalue weighted by Gasteiger charge is -2.30. The van der Waals surface area contributed by atoms with Crippen molar-refractivity contribution in [1.29, 1.82) is 0 Å². The van der Waals surface area contributed by atoms with Gasteiger partial charge < -0.3 is 10.1 Å². The number of amides is 1. The quantitative estimate of drug-likeness (QED) is 0.626. The zero-order chi connectivity index (χ0) is 20.8. The van der Waals surface area contributed by atoms with Gasteiger partial charge in [0.1, 0.15) is 0 Å². The van der Waals surface area contributed by atoms with Gasteiger partial charge in [0.05, 0.1) is 0 Å². The van der Waals surface area contributed by atoms with Crippen LogP contribution in [0.3, 0.4) is 0 Å². The maximum absolute atomic E-state index is 13.6. The number of nitrogens with one attached hydrogen (secondary N) is 1. The van der Waals surface area contributed by atoms with Gasteiger partial charge in [-0.15, -0.1) is 0 Å². The molecule has 1 amide bonds. The van der Waals surface area contributed by atoms with Crippen LogP contribution in [0.15, 0.2) is 96.0 Å². The van der Waals surface area contributed by atoms with Crippen molar-refractivity contribution >= 4 is 11.8 Å². The van der Waals surface area contributed by atoms with Gasteiger partial charge in [0.25, 0.3) is 5.91 Å². The van der Waals surface area contributed by atoms with Gasteiger partial charge in [0.15, 0.2) is 11.6 Å². The summed E-state index contributed by atoms with van der Waals surface area (Å²) < 4.78 is 6.41. The molecule has 152 valence electrons. The molecule has 4 nitrogen and oxygen atoms in total. The Kier molecular flexibility index (Phi) is 5.94. The summed E-state index contributed by atoms with van der Waals surface area (Å²) in [5.74, 6) is 0.403. The van der Waals surface area contributed by atoms with Crippen molar-refractivity contribution in [3.8, 4) is 0 Å². The normalized spacial score (nSPS) is 20.3. The molecule has 2 atom stereocenters. The van der Waals surface area contributed by atoms with Gasteiger partial charge in [-0.3, -0.25) is 4.79 Å². The van der Waals surface area contributed by atoms with Crippen LogP contribution in [0.1, 0.15) is 36.1 Å². The van der Waals surface area contributed by atoms with Crippen LogP contribution in [-0.2, 0) is 16.0 Å². The first kappa shape index (κ1) is 19.9. The Bertz CT molecular complexity index is 1000. The molecular weight excluding hydrogens is 372 g/mol. The molecule has 3 aromatic rings. The number of rotatable bonds is 7. The van der Waals surface area contributed by atoms with E-state index in [1.807, 2.05) is 97.9 Å². The van der Waals surface area contributed by atoms with Crippen LogP contribution in [-0.4, -0.2) is 23.9 Å². The van der Waals surface area contributed by atoms with Gasteiger partial charge in [-0.25, -0.2) is 4.99 Å². The minimum absolute atomic E-state index is 0.104. The average molecular weight is 399 g/mol. The summed E-state index contributed by atoms with van der Waals surface area (Å²) in [7, 11) is 0. The van der Waals surface area contributed by atoms with Crippen molar-refractivity contribution in [3.63, 3.8) is 0 Å². The fourth-order valence-corrected chi connectivity index (χ4v) is 3.84. The maximum atomic E-state index is 13.6. The summed E-state index contributed by atoms with van der Waals surface area (Å²) in [5.41, 5.74) is 1.78. The highest BCUT2D eigenvalue weighted by atomic mass is 16.5. The number of carbonyl (C=O) groups is 1. The van der Waals surface area contributed by atoms with E-state index in [4.69, 9.17) is 9.73 Å². The molecule has 0 radical (unpaired) electrons. The zero-order valence-electron chi connectivity index (χ0n) is 17.1. The third kappa shape index (κ3) is 3.99. The van der Waals surface area contributed by atoms with E-state index in [0.29, 0.717) is 18.9 Å². The van der Waals surface area contributed by atoms with E-state index in [-0.39, 0.29) is 5.91 Å². The van der Waals surface area contributed by atoms with E-state index in [2.05, 4.69) is 5.32 Å². The summed E-state index contributed by atoms with van der Waals surface area (Å²) in [5, 5.41) is 3.08. The molecule has 0 saturated heterocycles. The van der Waals surface area contributed by atoms with Gasteiger partial charge in [-0.2, -0.15) is 0 Å². The summed E-state index contributed by atoms with van der Waals surface area (Å²) in [6, 6.07) is 29.7. The Hall–Kier alpha value is -3.40. The van der Waals surface area contributed by atoms with Gasteiger partial charge in [-0.1, -0.05) is 85.8 Å². The summed E-state index contributed by atoms with van der Waals surface area (Å²) >= 11 is 0. The minimum atomic E-state index is -1.08. The molecule has 0 bridgehead atoms. The predicted octanol–water partition coefficient (Wildman–Crippen LogP) is 4.71. The lowest BCUT2D eigenvalue weighted by Crippen LogP contribution is -2.50. The van der Waals surface area contributed by atoms with E-state index in [1.165, 1.54) is 0 Å². The fraction of sp³-hybridized carbons (Fsp3) is 0.231. The molecule has 1 aliphatic heterocycles. The SMILES string of the molecule is CCCNC(=O)[C@@]1(Cc2ccccc2)N=C(c2ccccc2)O[C@H]1c1ccccc1. The Balaban J connectivity index is 1.84. The first-order chi connectivity index (χ1) is 14.7. The first-order valence-electron chi connectivity index (χ1n) is 10.4. The van der Waals surface area contributed by atoms with Crippen molar-refractivity contribution in [1.82, 2.24) is 5.32 Å². The third-order valence-corrected chi connectivity index (χ3v) is 5.33. The van der Waals surface area contributed by atoms with Crippen molar-refractivity contribution in [2.45, 2.75) is 31.4 Å². The van der Waals surface area contributed by atoms with E-state index >= 15 is 0 Å². The van der Waals surface area contributed by atoms with Crippen LogP contribution in [0.25, 0.3) is 0 Å². The highest BCUT2D eigenvalue weighted by Gasteiger charge is 2.53. The molecule has 4 heteroatoms. The number of hydrogen-bond donors (Lipinski definition) is 1. The molecule has 1 aliphatic rings. The van der Waals surface area contributed by atoms with Crippen LogP contribution in [0.4, 0.5) is 0 Å². The van der Waals surface area contributed by atoms with Crippen LogP contribution < -0.4 is 5.32 Å². The van der Waals surface area contributed by atoms with Crippen LogP contribution in [0.2, 0.25) is 0 Å². The van der Waals surface area contributed by atoms with E-state index in [0.717, 1.165) is 23.1 Å². The van der Waals surface area contributed by atoms with E-state index in [1.54, 1.807) is 0 Å². The fourth-order valence-electron chi connectivity index (χ4n) is 3.84.